The van der Waals surface area contributed by atoms with Crippen LogP contribution in [0, 0.1) is 0 Å². The van der Waals surface area contributed by atoms with Gasteiger partial charge in [0.05, 0.1) is 0 Å². The van der Waals surface area contributed by atoms with Crippen LogP contribution in [0.5, 0.6) is 0 Å². The normalized spacial score (nSPS) is 12.4. The summed E-state index contributed by atoms with van der Waals surface area (Å²) in [5, 5.41) is 12.4. The molecule has 0 radical (unpaired) electrons. The summed E-state index contributed by atoms with van der Waals surface area (Å²) in [7, 11) is 3.26. The van der Waals surface area contributed by atoms with E-state index in [4.69, 9.17) is 19.2 Å². The molecule has 1 atom stereocenters. The van der Waals surface area contributed by atoms with Crippen molar-refractivity contribution in [2.24, 2.45) is 0 Å². The molecular weight excluding hydrogens is 468 g/mol. The maximum atomic E-state index is 5.73. The molecule has 0 saturated heterocycles. The van der Waals surface area contributed by atoms with Gasteiger partial charge in [0.2, 0.25) is 6.29 Å². The second-order valence-electron chi connectivity index (χ2n) is 8.86. The van der Waals surface area contributed by atoms with E-state index < -0.39 is 6.29 Å². The third-order valence-corrected chi connectivity index (χ3v) is 6.33. The zero-order chi connectivity index (χ0) is 26.2. The van der Waals surface area contributed by atoms with Crippen LogP contribution >= 0.6 is 0 Å². The zero-order valence-corrected chi connectivity index (χ0v) is 22.3. The minimum absolute atomic E-state index is 0.261. The van der Waals surface area contributed by atoms with E-state index >= 15 is 0 Å². The van der Waals surface area contributed by atoms with Crippen molar-refractivity contribution in [2.45, 2.75) is 59.1 Å². The number of unbranched alkanes of at least 4 members (excludes halogenated alkanes) is 1. The molecule has 2 heterocycles. The molecule has 4 rings (SSSR count). The summed E-state index contributed by atoms with van der Waals surface area (Å²) in [6.07, 6.45) is 4.41. The molecule has 0 amide bonds. The first-order valence-electron chi connectivity index (χ1n) is 12.8. The van der Waals surface area contributed by atoms with Crippen LogP contribution in [0.15, 0.2) is 54.7 Å². The molecular formula is C28H36N6O3. The van der Waals surface area contributed by atoms with Crippen molar-refractivity contribution in [2.75, 3.05) is 20.8 Å². The standard InChI is InChI=1S/C28H36N6O3/c1-6-8-13-26-29-25(28(35-4)36-5)19-33(26)18-21-14-16-22(17-15-21)23-11-9-10-12-24(23)27-30-31-32-34(27)20(3)37-7-2/h9-12,14-17,19-20,28H,6-8,13,18H2,1-5H3. The predicted molar refractivity (Wildman–Crippen MR) is 142 cm³/mol. The lowest BCUT2D eigenvalue weighted by Gasteiger charge is -2.15. The minimum atomic E-state index is -0.470. The minimum Gasteiger partial charge on any atom is -0.357 e. The molecule has 37 heavy (non-hydrogen) atoms. The lowest BCUT2D eigenvalue weighted by molar-refractivity contribution is -0.108. The molecule has 0 bridgehead atoms. The molecule has 0 N–H and O–H groups in total. The van der Waals surface area contributed by atoms with Gasteiger partial charge < -0.3 is 18.8 Å². The molecule has 0 saturated carbocycles. The van der Waals surface area contributed by atoms with E-state index in [1.807, 2.05) is 38.2 Å². The first-order chi connectivity index (χ1) is 18.1. The highest BCUT2D eigenvalue weighted by Gasteiger charge is 2.19. The molecule has 0 aliphatic rings. The predicted octanol–water partition coefficient (Wildman–Crippen LogP) is 5.44. The highest BCUT2D eigenvalue weighted by atomic mass is 16.7. The number of aromatic nitrogens is 6. The number of rotatable bonds is 13. The summed E-state index contributed by atoms with van der Waals surface area (Å²) >= 11 is 0. The molecule has 0 fully saturated rings. The number of aryl methyl sites for hydroxylation is 1. The quantitative estimate of drug-likeness (QED) is 0.224. The molecule has 0 aliphatic heterocycles. The second kappa shape index (κ2) is 12.7. The Labute approximate surface area is 218 Å². The summed E-state index contributed by atoms with van der Waals surface area (Å²) in [4.78, 5) is 4.81. The molecule has 4 aromatic rings. The maximum absolute atomic E-state index is 5.73. The molecule has 1 unspecified atom stereocenters. The molecule has 9 nitrogen and oxygen atoms in total. The first kappa shape index (κ1) is 26.7. The Morgan fingerprint density at radius 1 is 0.946 bits per heavy atom. The van der Waals surface area contributed by atoms with Crippen molar-refractivity contribution in [3.8, 4) is 22.5 Å². The van der Waals surface area contributed by atoms with Gasteiger partial charge in [-0.3, -0.25) is 0 Å². The Hall–Kier alpha value is -3.40. The van der Waals surface area contributed by atoms with Crippen molar-refractivity contribution in [1.29, 1.82) is 0 Å². The van der Waals surface area contributed by atoms with Crippen molar-refractivity contribution >= 4 is 0 Å². The Bertz CT molecular complexity index is 1260. The molecule has 0 spiro atoms. The number of hydrogen-bond acceptors (Lipinski definition) is 7. The summed E-state index contributed by atoms with van der Waals surface area (Å²) in [5.74, 6) is 1.72. The van der Waals surface area contributed by atoms with Gasteiger partial charge in [-0.25, -0.2) is 4.98 Å². The van der Waals surface area contributed by atoms with Gasteiger partial charge in [-0.05, 0) is 47.4 Å². The Morgan fingerprint density at radius 2 is 1.68 bits per heavy atom. The average Bonchev–Trinajstić information content (AvgIpc) is 3.56. The summed E-state index contributed by atoms with van der Waals surface area (Å²) in [5.41, 5.74) is 5.09. The fraction of sp³-hybridized carbons (Fsp3) is 0.429. The van der Waals surface area contributed by atoms with Gasteiger partial charge in [-0.2, -0.15) is 4.68 Å². The Kier molecular flexibility index (Phi) is 9.16. The van der Waals surface area contributed by atoms with Crippen LogP contribution in [0.4, 0.5) is 0 Å². The van der Waals surface area contributed by atoms with Crippen molar-refractivity contribution < 1.29 is 14.2 Å². The van der Waals surface area contributed by atoms with Crippen LogP contribution in [0.1, 0.15) is 63.2 Å². The lowest BCUT2D eigenvalue weighted by Crippen LogP contribution is -2.12. The molecule has 9 heteroatoms. The SMILES string of the molecule is CCCCc1nc(C(OC)OC)cn1Cc1ccc(-c2ccccc2-c2nnnn2C(C)OCC)cc1. The van der Waals surface area contributed by atoms with Gasteiger partial charge in [0.25, 0.3) is 0 Å². The van der Waals surface area contributed by atoms with Crippen LogP contribution < -0.4 is 0 Å². The van der Waals surface area contributed by atoms with Crippen LogP contribution in [-0.2, 0) is 27.2 Å². The highest BCUT2D eigenvalue weighted by Crippen LogP contribution is 2.32. The van der Waals surface area contributed by atoms with Gasteiger partial charge in [-0.15, -0.1) is 5.10 Å². The first-order valence-corrected chi connectivity index (χ1v) is 12.8. The Morgan fingerprint density at radius 3 is 2.35 bits per heavy atom. The number of methoxy groups -OCH3 is 2. The van der Waals surface area contributed by atoms with E-state index in [2.05, 4.69) is 57.3 Å². The van der Waals surface area contributed by atoms with Gasteiger partial charge in [-0.1, -0.05) is 61.9 Å². The summed E-state index contributed by atoms with van der Waals surface area (Å²) in [6, 6.07) is 16.8. The van der Waals surface area contributed by atoms with E-state index in [-0.39, 0.29) is 6.23 Å². The second-order valence-corrected chi connectivity index (χ2v) is 8.86. The van der Waals surface area contributed by atoms with Crippen LogP contribution in [-0.4, -0.2) is 50.6 Å². The van der Waals surface area contributed by atoms with Gasteiger partial charge >= 0.3 is 0 Å². The monoisotopic (exact) mass is 504 g/mol. The number of nitrogens with zero attached hydrogens (tertiary/aromatic N) is 6. The number of hydrogen-bond donors (Lipinski definition) is 0. The average molecular weight is 505 g/mol. The fourth-order valence-corrected chi connectivity index (χ4v) is 4.44. The molecule has 2 aromatic carbocycles. The van der Waals surface area contributed by atoms with E-state index in [0.29, 0.717) is 12.4 Å². The van der Waals surface area contributed by atoms with Gasteiger partial charge in [0.1, 0.15) is 11.5 Å². The van der Waals surface area contributed by atoms with Crippen molar-refractivity contribution in [1.82, 2.24) is 29.8 Å². The van der Waals surface area contributed by atoms with E-state index in [1.54, 1.807) is 18.9 Å². The van der Waals surface area contributed by atoms with Gasteiger partial charge in [0, 0.05) is 45.6 Å². The molecule has 0 aliphatic carbocycles. The lowest BCUT2D eigenvalue weighted by atomic mass is 9.98. The van der Waals surface area contributed by atoms with E-state index in [0.717, 1.165) is 54.0 Å². The number of tetrazole rings is 1. The van der Waals surface area contributed by atoms with Crippen LogP contribution in [0.3, 0.4) is 0 Å². The van der Waals surface area contributed by atoms with Crippen molar-refractivity contribution in [3.05, 3.63) is 71.8 Å². The van der Waals surface area contributed by atoms with E-state index in [1.165, 1.54) is 5.56 Å². The van der Waals surface area contributed by atoms with Crippen molar-refractivity contribution in [3.63, 3.8) is 0 Å². The number of benzene rings is 2. The molecule has 2 aromatic heterocycles. The largest absolute Gasteiger partial charge is 0.357 e. The maximum Gasteiger partial charge on any atom is 0.202 e. The van der Waals surface area contributed by atoms with Crippen LogP contribution in [0.25, 0.3) is 22.5 Å². The topological polar surface area (TPSA) is 89.1 Å². The third kappa shape index (κ3) is 6.12. The van der Waals surface area contributed by atoms with Crippen LogP contribution in [0.2, 0.25) is 0 Å². The highest BCUT2D eigenvalue weighted by molar-refractivity contribution is 5.80. The summed E-state index contributed by atoms with van der Waals surface area (Å²) in [6.45, 7) is 7.39. The fourth-order valence-electron chi connectivity index (χ4n) is 4.44. The smallest absolute Gasteiger partial charge is 0.202 e. The zero-order valence-electron chi connectivity index (χ0n) is 22.3. The van der Waals surface area contributed by atoms with Gasteiger partial charge in [0.15, 0.2) is 12.1 Å². The third-order valence-electron chi connectivity index (χ3n) is 6.33. The number of ether oxygens (including phenoxy) is 3. The Balaban J connectivity index is 1.60. The summed E-state index contributed by atoms with van der Waals surface area (Å²) < 4.78 is 20.5. The van der Waals surface area contributed by atoms with E-state index in [9.17, 15) is 0 Å². The molecule has 196 valence electrons. The number of imidazole rings is 1.